The summed E-state index contributed by atoms with van der Waals surface area (Å²) in [4.78, 5) is 24.6. The number of rotatable bonds is 4. The molecule has 0 radical (unpaired) electrons. The van der Waals surface area contributed by atoms with E-state index in [2.05, 4.69) is 20.2 Å². The fourth-order valence-corrected chi connectivity index (χ4v) is 4.16. The number of fused-ring (bicyclic) bond motifs is 1. The van der Waals surface area contributed by atoms with Gasteiger partial charge in [-0.2, -0.15) is 5.11 Å². The third-order valence-electron chi connectivity index (χ3n) is 4.45. The minimum Gasteiger partial charge on any atom is -0.345 e. The number of aromatic nitrogens is 3. The number of azo groups is 1. The monoisotopic (exact) mass is 351 g/mol. The molecule has 1 amide bonds. The van der Waals surface area contributed by atoms with Crippen molar-refractivity contribution in [2.45, 2.75) is 32.6 Å². The summed E-state index contributed by atoms with van der Waals surface area (Å²) >= 11 is 1.50. The lowest BCUT2D eigenvalue weighted by Crippen LogP contribution is -2.17. The van der Waals surface area contributed by atoms with Crippen molar-refractivity contribution in [3.63, 3.8) is 0 Å². The fraction of sp³-hybridized carbons (Fsp3) is 0.278. The number of H-pyrrole nitrogens is 1. The Morgan fingerprint density at radius 2 is 2.12 bits per heavy atom. The van der Waals surface area contributed by atoms with Crippen LogP contribution in [0.4, 0.5) is 0 Å². The van der Waals surface area contributed by atoms with Crippen molar-refractivity contribution < 1.29 is 4.79 Å². The van der Waals surface area contributed by atoms with Gasteiger partial charge in [0.25, 0.3) is 5.91 Å². The van der Waals surface area contributed by atoms with Crippen LogP contribution in [0.3, 0.4) is 0 Å². The highest BCUT2D eigenvalue weighted by molar-refractivity contribution is 7.10. The molecule has 0 bridgehead atoms. The topological polar surface area (TPSA) is 83.4 Å². The zero-order chi connectivity index (χ0) is 17.4. The summed E-state index contributed by atoms with van der Waals surface area (Å²) in [6.45, 7) is 4.08. The van der Waals surface area contributed by atoms with E-state index in [1.54, 1.807) is 6.20 Å². The van der Waals surface area contributed by atoms with Crippen molar-refractivity contribution in [3.05, 3.63) is 46.2 Å². The lowest BCUT2D eigenvalue weighted by atomic mass is 9.93. The molecule has 0 saturated carbocycles. The standard InChI is InChI=1S/C18H17N5OS/c1-3-10-13(4-2)22-23-17(24)15(10)18-21-14(9-25-18)12-8-20-16-11(12)6-5-7-19-16/h5-9,15H,3-4H2,1-2H3,(H,19,20). The van der Waals surface area contributed by atoms with Crippen molar-refractivity contribution in [2.24, 2.45) is 10.2 Å². The summed E-state index contributed by atoms with van der Waals surface area (Å²) in [6, 6.07) is 3.92. The highest BCUT2D eigenvalue weighted by atomic mass is 32.1. The van der Waals surface area contributed by atoms with Crippen molar-refractivity contribution in [1.82, 2.24) is 15.0 Å². The van der Waals surface area contributed by atoms with Gasteiger partial charge in [0.05, 0.1) is 11.4 Å². The van der Waals surface area contributed by atoms with Gasteiger partial charge in [0, 0.05) is 28.7 Å². The van der Waals surface area contributed by atoms with Crippen LogP contribution in [0.2, 0.25) is 0 Å². The molecule has 3 aromatic heterocycles. The molecule has 1 aliphatic heterocycles. The largest absolute Gasteiger partial charge is 0.345 e. The number of hydrogen-bond acceptors (Lipinski definition) is 5. The van der Waals surface area contributed by atoms with Crippen LogP contribution in [0, 0.1) is 0 Å². The molecule has 0 aliphatic carbocycles. The SMILES string of the molecule is CCC1=C(CC)C(c2nc(-c3c[nH]c4ncccc34)cs2)C(=O)N=N1. The molecule has 6 nitrogen and oxygen atoms in total. The molecule has 1 aliphatic rings. The van der Waals surface area contributed by atoms with Gasteiger partial charge in [-0.1, -0.05) is 13.8 Å². The summed E-state index contributed by atoms with van der Waals surface area (Å²) in [5, 5.41) is 11.7. The first kappa shape index (κ1) is 15.8. The third kappa shape index (κ3) is 2.60. The second kappa shape index (κ2) is 6.33. The Kier molecular flexibility index (Phi) is 4.01. The van der Waals surface area contributed by atoms with E-state index in [-0.39, 0.29) is 5.91 Å². The van der Waals surface area contributed by atoms with Gasteiger partial charge in [0.15, 0.2) is 0 Å². The summed E-state index contributed by atoms with van der Waals surface area (Å²) < 4.78 is 0. The minimum absolute atomic E-state index is 0.226. The molecule has 0 aromatic carbocycles. The van der Waals surface area contributed by atoms with E-state index in [1.807, 2.05) is 37.6 Å². The zero-order valence-electron chi connectivity index (χ0n) is 14.0. The Balaban J connectivity index is 1.77. The average molecular weight is 351 g/mol. The van der Waals surface area contributed by atoms with Crippen LogP contribution in [-0.2, 0) is 4.79 Å². The first-order valence-electron chi connectivity index (χ1n) is 8.28. The molecular formula is C18H17N5OS. The van der Waals surface area contributed by atoms with E-state index in [1.165, 1.54) is 11.3 Å². The maximum atomic E-state index is 12.4. The van der Waals surface area contributed by atoms with Crippen LogP contribution >= 0.6 is 11.3 Å². The minimum atomic E-state index is -0.403. The lowest BCUT2D eigenvalue weighted by Gasteiger charge is -2.19. The predicted octanol–water partition coefficient (Wildman–Crippen LogP) is 4.84. The van der Waals surface area contributed by atoms with Gasteiger partial charge in [-0.25, -0.2) is 9.97 Å². The van der Waals surface area contributed by atoms with Crippen LogP contribution in [0.1, 0.15) is 37.6 Å². The van der Waals surface area contributed by atoms with E-state index in [0.29, 0.717) is 0 Å². The molecule has 1 N–H and O–H groups in total. The van der Waals surface area contributed by atoms with Gasteiger partial charge < -0.3 is 4.98 Å². The number of thiazole rings is 1. The van der Waals surface area contributed by atoms with Crippen LogP contribution in [0.25, 0.3) is 22.3 Å². The molecule has 0 saturated heterocycles. The number of allylic oxidation sites excluding steroid dienone is 1. The predicted molar refractivity (Wildman–Crippen MR) is 97.4 cm³/mol. The number of pyridine rings is 1. The van der Waals surface area contributed by atoms with Crippen LogP contribution < -0.4 is 0 Å². The number of amides is 1. The number of aromatic amines is 1. The maximum absolute atomic E-state index is 12.4. The second-order valence-electron chi connectivity index (χ2n) is 5.82. The van der Waals surface area contributed by atoms with E-state index < -0.39 is 5.92 Å². The Labute approximate surface area is 148 Å². The van der Waals surface area contributed by atoms with Gasteiger partial charge in [-0.15, -0.1) is 16.5 Å². The van der Waals surface area contributed by atoms with Crippen molar-refractivity contribution in [2.75, 3.05) is 0 Å². The molecule has 3 aromatic rings. The van der Waals surface area contributed by atoms with Gasteiger partial charge in [-0.3, -0.25) is 4.79 Å². The first-order chi connectivity index (χ1) is 12.2. The molecule has 0 spiro atoms. The number of carbonyl (C=O) groups excluding carboxylic acids is 1. The summed E-state index contributed by atoms with van der Waals surface area (Å²) in [5.41, 5.74) is 4.61. The molecule has 4 rings (SSSR count). The molecule has 25 heavy (non-hydrogen) atoms. The lowest BCUT2D eigenvalue weighted by molar-refractivity contribution is -0.119. The molecule has 0 fully saturated rings. The van der Waals surface area contributed by atoms with E-state index in [4.69, 9.17) is 4.98 Å². The molecule has 1 atom stereocenters. The summed E-state index contributed by atoms with van der Waals surface area (Å²) in [6.07, 6.45) is 5.20. The highest BCUT2D eigenvalue weighted by Crippen LogP contribution is 2.38. The van der Waals surface area contributed by atoms with Crippen molar-refractivity contribution >= 4 is 28.3 Å². The number of nitrogens with zero attached hydrogens (tertiary/aromatic N) is 4. The Hall–Kier alpha value is -2.67. The van der Waals surface area contributed by atoms with E-state index in [9.17, 15) is 4.79 Å². The van der Waals surface area contributed by atoms with Crippen molar-refractivity contribution in [3.8, 4) is 11.3 Å². The Morgan fingerprint density at radius 3 is 2.92 bits per heavy atom. The Morgan fingerprint density at radius 1 is 1.24 bits per heavy atom. The number of carbonyl (C=O) groups is 1. The van der Waals surface area contributed by atoms with Crippen LogP contribution in [0.15, 0.2) is 51.4 Å². The second-order valence-corrected chi connectivity index (χ2v) is 6.71. The molecule has 4 heterocycles. The van der Waals surface area contributed by atoms with Crippen LogP contribution in [0.5, 0.6) is 0 Å². The normalized spacial score (nSPS) is 17.7. The number of nitrogens with one attached hydrogen (secondary N) is 1. The molecule has 126 valence electrons. The zero-order valence-corrected chi connectivity index (χ0v) is 14.8. The fourth-order valence-electron chi connectivity index (χ4n) is 3.22. The van der Waals surface area contributed by atoms with Crippen molar-refractivity contribution in [1.29, 1.82) is 0 Å². The average Bonchev–Trinajstić information content (AvgIpc) is 3.27. The van der Waals surface area contributed by atoms with Gasteiger partial charge in [0.2, 0.25) is 0 Å². The van der Waals surface area contributed by atoms with Gasteiger partial charge >= 0.3 is 0 Å². The van der Waals surface area contributed by atoms with Gasteiger partial charge in [-0.05, 0) is 30.5 Å². The van der Waals surface area contributed by atoms with Gasteiger partial charge in [0.1, 0.15) is 16.6 Å². The third-order valence-corrected chi connectivity index (χ3v) is 5.36. The highest BCUT2D eigenvalue weighted by Gasteiger charge is 2.32. The summed E-state index contributed by atoms with van der Waals surface area (Å²) in [5.74, 6) is -0.630. The smallest absolute Gasteiger partial charge is 0.278 e. The first-order valence-corrected chi connectivity index (χ1v) is 9.16. The quantitative estimate of drug-likeness (QED) is 0.730. The summed E-state index contributed by atoms with van der Waals surface area (Å²) in [7, 11) is 0. The molecule has 1 unspecified atom stereocenters. The maximum Gasteiger partial charge on any atom is 0.278 e. The molecular weight excluding hydrogens is 334 g/mol. The number of hydrogen-bond donors (Lipinski definition) is 1. The van der Waals surface area contributed by atoms with E-state index in [0.717, 1.165) is 51.4 Å². The Bertz CT molecular complexity index is 1010. The molecule has 7 heteroatoms. The van der Waals surface area contributed by atoms with Crippen LogP contribution in [-0.4, -0.2) is 20.9 Å². The van der Waals surface area contributed by atoms with E-state index >= 15 is 0 Å².